The Kier molecular flexibility index (Phi) is 3.92. The van der Waals surface area contributed by atoms with Crippen molar-refractivity contribution in [3.8, 4) is 0 Å². The van der Waals surface area contributed by atoms with Gasteiger partial charge in [-0.1, -0.05) is 28.9 Å². The molecule has 0 atom stereocenters. The lowest BCUT2D eigenvalue weighted by Crippen LogP contribution is -2.19. The quantitative estimate of drug-likeness (QED) is 0.739. The van der Waals surface area contributed by atoms with Gasteiger partial charge in [0, 0.05) is 5.02 Å². The molecule has 3 aromatic rings. The number of fused-ring (bicyclic) bond motifs is 1. The number of aromatic nitrogens is 1. The van der Waals surface area contributed by atoms with Crippen molar-refractivity contribution in [2.24, 2.45) is 0 Å². The van der Waals surface area contributed by atoms with E-state index in [4.69, 9.17) is 16.1 Å². The summed E-state index contributed by atoms with van der Waals surface area (Å²) in [4.78, 5) is -0.952. The van der Waals surface area contributed by atoms with Gasteiger partial charge in [-0.3, -0.25) is 4.72 Å². The first kappa shape index (κ1) is 16.6. The SMILES string of the molecule is O=S(=O)(Nc1noc2ccccc12)c1ccc(Cl)cc1C(F)(F)F. The van der Waals surface area contributed by atoms with E-state index in [1.165, 1.54) is 6.07 Å². The molecule has 0 saturated carbocycles. The molecule has 0 aliphatic heterocycles. The third-order valence-electron chi connectivity index (χ3n) is 3.15. The monoisotopic (exact) mass is 376 g/mol. The van der Waals surface area contributed by atoms with Crippen molar-refractivity contribution in [3.05, 3.63) is 53.1 Å². The van der Waals surface area contributed by atoms with Gasteiger partial charge in [0.15, 0.2) is 11.4 Å². The minimum Gasteiger partial charge on any atom is -0.354 e. The summed E-state index contributed by atoms with van der Waals surface area (Å²) in [5, 5.41) is 3.64. The maximum atomic E-state index is 13.1. The third kappa shape index (κ3) is 3.04. The minimum absolute atomic E-state index is 0.200. The van der Waals surface area contributed by atoms with Crippen molar-refractivity contribution in [2.45, 2.75) is 11.1 Å². The van der Waals surface area contributed by atoms with Crippen LogP contribution in [-0.2, 0) is 16.2 Å². The second-order valence-electron chi connectivity index (χ2n) is 4.77. The first-order chi connectivity index (χ1) is 11.2. The van der Waals surface area contributed by atoms with Crippen LogP contribution < -0.4 is 4.72 Å². The summed E-state index contributed by atoms with van der Waals surface area (Å²) in [7, 11) is -4.56. The molecule has 1 heterocycles. The van der Waals surface area contributed by atoms with Crippen LogP contribution >= 0.6 is 11.6 Å². The molecule has 0 spiro atoms. The van der Waals surface area contributed by atoms with Crippen LogP contribution in [0.2, 0.25) is 5.02 Å². The molecule has 0 radical (unpaired) electrons. The second kappa shape index (κ2) is 5.67. The van der Waals surface area contributed by atoms with Crippen molar-refractivity contribution in [3.63, 3.8) is 0 Å². The number of anilines is 1. The zero-order valence-corrected chi connectivity index (χ0v) is 13.2. The number of hydrogen-bond donors (Lipinski definition) is 1. The predicted octanol–water partition coefficient (Wildman–Crippen LogP) is 4.30. The lowest BCUT2D eigenvalue weighted by molar-refractivity contribution is -0.139. The summed E-state index contributed by atoms with van der Waals surface area (Å²) in [5.41, 5.74) is -1.07. The Morgan fingerprint density at radius 2 is 1.83 bits per heavy atom. The van der Waals surface area contributed by atoms with Crippen molar-refractivity contribution >= 4 is 38.4 Å². The van der Waals surface area contributed by atoms with Gasteiger partial charge in [-0.2, -0.15) is 13.2 Å². The molecule has 2 aromatic carbocycles. The molecule has 24 heavy (non-hydrogen) atoms. The average molecular weight is 377 g/mol. The highest BCUT2D eigenvalue weighted by atomic mass is 35.5. The van der Waals surface area contributed by atoms with Gasteiger partial charge in [-0.25, -0.2) is 8.42 Å². The Morgan fingerprint density at radius 1 is 1.12 bits per heavy atom. The molecule has 1 N–H and O–H groups in total. The largest absolute Gasteiger partial charge is 0.417 e. The maximum Gasteiger partial charge on any atom is 0.417 e. The standard InChI is InChI=1S/C14H8ClF3N2O3S/c15-8-5-6-12(10(7-8)14(16,17)18)24(21,22)20-13-9-3-1-2-4-11(9)23-19-13/h1-7H,(H,19,20). The molecular weight excluding hydrogens is 369 g/mol. The summed E-state index contributed by atoms with van der Waals surface area (Å²) in [6, 6.07) is 8.73. The van der Waals surface area contributed by atoms with E-state index in [2.05, 4.69) is 5.16 Å². The molecule has 0 unspecified atom stereocenters. The van der Waals surface area contributed by atoms with E-state index >= 15 is 0 Å². The maximum absolute atomic E-state index is 13.1. The van der Waals surface area contributed by atoms with Crippen LogP contribution in [0.1, 0.15) is 5.56 Å². The lowest BCUT2D eigenvalue weighted by Gasteiger charge is -2.13. The minimum atomic E-state index is -4.89. The van der Waals surface area contributed by atoms with E-state index < -0.39 is 26.7 Å². The molecule has 0 aliphatic rings. The topological polar surface area (TPSA) is 72.2 Å². The number of alkyl halides is 3. The first-order valence-corrected chi connectivity index (χ1v) is 8.28. The molecule has 1 aromatic heterocycles. The smallest absolute Gasteiger partial charge is 0.354 e. The highest BCUT2D eigenvalue weighted by Crippen LogP contribution is 2.36. The van der Waals surface area contributed by atoms with E-state index in [1.807, 2.05) is 4.72 Å². The number of nitrogens with zero attached hydrogens (tertiary/aromatic N) is 1. The summed E-state index contributed by atoms with van der Waals surface area (Å²) in [6.45, 7) is 0. The predicted molar refractivity (Wildman–Crippen MR) is 81.3 cm³/mol. The summed E-state index contributed by atoms with van der Waals surface area (Å²) in [6.07, 6.45) is -4.89. The van der Waals surface area contributed by atoms with Crippen molar-refractivity contribution in [1.29, 1.82) is 0 Å². The number of nitrogens with one attached hydrogen (secondary N) is 1. The Labute approximate surface area is 139 Å². The molecule has 10 heteroatoms. The van der Waals surface area contributed by atoms with Gasteiger partial charge in [0.05, 0.1) is 15.8 Å². The lowest BCUT2D eigenvalue weighted by atomic mass is 10.2. The molecular formula is C14H8ClF3N2O3S. The summed E-state index contributed by atoms with van der Waals surface area (Å²) in [5.74, 6) is -0.200. The Morgan fingerprint density at radius 3 is 2.54 bits per heavy atom. The molecule has 0 saturated heterocycles. The fourth-order valence-corrected chi connectivity index (χ4v) is 3.49. The molecule has 126 valence electrons. The van der Waals surface area contributed by atoms with Gasteiger partial charge >= 0.3 is 6.18 Å². The molecule has 0 fully saturated rings. The van der Waals surface area contributed by atoms with E-state index in [0.717, 1.165) is 12.1 Å². The van der Waals surface area contributed by atoms with Crippen LogP contribution in [0, 0.1) is 0 Å². The number of hydrogen-bond acceptors (Lipinski definition) is 4. The zero-order valence-electron chi connectivity index (χ0n) is 11.6. The van der Waals surface area contributed by atoms with E-state index in [0.29, 0.717) is 17.0 Å². The number of benzene rings is 2. The Bertz CT molecular complexity index is 1020. The fraction of sp³-hybridized carbons (Fsp3) is 0.0714. The van der Waals surface area contributed by atoms with Gasteiger partial charge in [-0.15, -0.1) is 0 Å². The van der Waals surface area contributed by atoms with Crippen molar-refractivity contribution in [1.82, 2.24) is 5.16 Å². The molecule has 0 bridgehead atoms. The van der Waals surface area contributed by atoms with Gasteiger partial charge in [0.1, 0.15) is 0 Å². The number of rotatable bonds is 3. The molecule has 5 nitrogen and oxygen atoms in total. The van der Waals surface area contributed by atoms with Crippen molar-refractivity contribution < 1.29 is 26.1 Å². The number of halogens is 4. The fourth-order valence-electron chi connectivity index (χ4n) is 2.10. The highest BCUT2D eigenvalue weighted by molar-refractivity contribution is 7.92. The van der Waals surface area contributed by atoms with Crippen LogP contribution in [0.4, 0.5) is 19.0 Å². The van der Waals surface area contributed by atoms with Gasteiger partial charge < -0.3 is 4.52 Å². The van der Waals surface area contributed by atoms with Crippen LogP contribution in [0.5, 0.6) is 0 Å². The second-order valence-corrected chi connectivity index (χ2v) is 6.86. The van der Waals surface area contributed by atoms with Gasteiger partial charge in [-0.05, 0) is 30.3 Å². The average Bonchev–Trinajstić information content (AvgIpc) is 2.89. The Hall–Kier alpha value is -2.26. The normalized spacial score (nSPS) is 12.5. The van der Waals surface area contributed by atoms with E-state index in [1.54, 1.807) is 18.2 Å². The summed E-state index contributed by atoms with van der Waals surface area (Å²) >= 11 is 5.55. The molecule has 0 amide bonds. The van der Waals surface area contributed by atoms with Crippen molar-refractivity contribution in [2.75, 3.05) is 4.72 Å². The Balaban J connectivity index is 2.09. The van der Waals surface area contributed by atoms with Crippen LogP contribution in [0.3, 0.4) is 0 Å². The van der Waals surface area contributed by atoms with Crippen LogP contribution in [0.15, 0.2) is 51.9 Å². The number of sulfonamides is 1. The molecule has 3 rings (SSSR count). The molecule has 0 aliphatic carbocycles. The van der Waals surface area contributed by atoms with E-state index in [9.17, 15) is 21.6 Å². The van der Waals surface area contributed by atoms with Crippen LogP contribution in [0.25, 0.3) is 11.0 Å². The highest BCUT2D eigenvalue weighted by Gasteiger charge is 2.37. The van der Waals surface area contributed by atoms with Gasteiger partial charge in [0.25, 0.3) is 10.0 Å². The number of para-hydroxylation sites is 1. The van der Waals surface area contributed by atoms with Crippen LogP contribution in [-0.4, -0.2) is 13.6 Å². The van der Waals surface area contributed by atoms with Gasteiger partial charge in [0.2, 0.25) is 0 Å². The van der Waals surface area contributed by atoms with E-state index in [-0.39, 0.29) is 10.8 Å². The zero-order chi connectivity index (χ0) is 17.5. The third-order valence-corrected chi connectivity index (χ3v) is 4.78. The first-order valence-electron chi connectivity index (χ1n) is 6.42. The summed E-state index contributed by atoms with van der Waals surface area (Å²) < 4.78 is 71.0.